The Morgan fingerprint density at radius 3 is 1.29 bits per heavy atom. The van der Waals surface area contributed by atoms with E-state index in [0.29, 0.717) is 30.3 Å². The number of ether oxygens (including phenoxy) is 2. The summed E-state index contributed by atoms with van der Waals surface area (Å²) in [4.78, 5) is 35.4. The molecule has 0 amide bonds. The SMILES string of the molecule is CCCCCCCC/C=C/C/C=C/C/C=C/CCCC(=O)OC[C@H](COP(=O)(O)OCC[N+](C)(C)C)OC(=O)CCC/C=C/C/C=C/C/C=C/C/C=C/CCCCCCCCC. The number of rotatable bonds is 43. The molecule has 1 unspecified atom stereocenters. The monoisotopic (exact) mass is 889 g/mol. The van der Waals surface area contributed by atoms with Crippen molar-refractivity contribution in [2.75, 3.05) is 47.5 Å². The van der Waals surface area contributed by atoms with Gasteiger partial charge in [-0.1, -0.05) is 170 Å². The highest BCUT2D eigenvalue weighted by atomic mass is 31.2. The molecule has 356 valence electrons. The van der Waals surface area contributed by atoms with Crippen molar-refractivity contribution in [2.24, 2.45) is 0 Å². The standard InChI is InChI=1S/C52H90NO8P/c1-6-8-10-12-14-16-18-20-22-24-25-26-27-29-31-33-35-37-39-41-43-45-52(55)61-50(49-60-62(56,57)59-47-46-53(3,4)5)48-58-51(54)44-42-40-38-36-34-32-30-28-23-21-19-17-15-13-11-9-7-2/h21-24,26-27,30-33,36-39,50H,6-20,25,28-29,34-35,40-49H2,1-5H3/p+1/b23-21+,24-22+,27-26+,32-30+,33-31+,38-36+,39-37+/t50-/m1/s1. The molecule has 9 nitrogen and oxygen atoms in total. The first-order valence-electron chi connectivity index (χ1n) is 24.3. The van der Waals surface area contributed by atoms with E-state index in [1.54, 1.807) is 0 Å². The number of carbonyl (C=O) groups excluding carboxylic acids is 2. The summed E-state index contributed by atoms with van der Waals surface area (Å²) in [5.74, 6) is -0.931. The van der Waals surface area contributed by atoms with Crippen LogP contribution in [0.1, 0.15) is 181 Å². The van der Waals surface area contributed by atoms with Crippen LogP contribution in [0.5, 0.6) is 0 Å². The van der Waals surface area contributed by atoms with Gasteiger partial charge in [0, 0.05) is 12.8 Å². The lowest BCUT2D eigenvalue weighted by molar-refractivity contribution is -0.870. The van der Waals surface area contributed by atoms with Gasteiger partial charge < -0.3 is 18.9 Å². The smallest absolute Gasteiger partial charge is 0.462 e. The van der Waals surface area contributed by atoms with E-state index in [1.165, 1.54) is 89.9 Å². The van der Waals surface area contributed by atoms with Crippen LogP contribution in [0.2, 0.25) is 0 Å². The maximum atomic E-state index is 12.7. The lowest BCUT2D eigenvalue weighted by atomic mass is 10.1. The lowest BCUT2D eigenvalue weighted by Crippen LogP contribution is -2.37. The van der Waals surface area contributed by atoms with Gasteiger partial charge in [0.05, 0.1) is 27.7 Å². The molecule has 10 heteroatoms. The van der Waals surface area contributed by atoms with Crippen molar-refractivity contribution < 1.29 is 42.1 Å². The predicted molar refractivity (Wildman–Crippen MR) is 261 cm³/mol. The fourth-order valence-electron chi connectivity index (χ4n) is 6.08. The van der Waals surface area contributed by atoms with E-state index in [0.717, 1.165) is 44.9 Å². The minimum atomic E-state index is -4.41. The number of nitrogens with zero attached hydrogens (tertiary/aromatic N) is 1. The first-order chi connectivity index (χ1) is 30.0. The second-order valence-corrected chi connectivity index (χ2v) is 18.6. The number of phosphoric acid groups is 1. The van der Waals surface area contributed by atoms with Crippen LogP contribution in [0.25, 0.3) is 0 Å². The van der Waals surface area contributed by atoms with Crippen molar-refractivity contribution >= 4 is 19.8 Å². The largest absolute Gasteiger partial charge is 0.472 e. The van der Waals surface area contributed by atoms with Gasteiger partial charge in [0.1, 0.15) is 19.8 Å². The molecule has 0 aliphatic carbocycles. The molecule has 0 fully saturated rings. The molecule has 0 aromatic carbocycles. The molecule has 62 heavy (non-hydrogen) atoms. The molecule has 0 bridgehead atoms. The average molecular weight is 889 g/mol. The topological polar surface area (TPSA) is 108 Å². The van der Waals surface area contributed by atoms with Gasteiger partial charge in [-0.25, -0.2) is 4.57 Å². The molecule has 0 aliphatic rings. The summed E-state index contributed by atoms with van der Waals surface area (Å²) >= 11 is 0. The zero-order valence-corrected chi connectivity index (χ0v) is 41.0. The maximum Gasteiger partial charge on any atom is 0.472 e. The highest BCUT2D eigenvalue weighted by Gasteiger charge is 2.27. The maximum absolute atomic E-state index is 12.7. The van der Waals surface area contributed by atoms with Crippen LogP contribution in [0.3, 0.4) is 0 Å². The number of esters is 2. The highest BCUT2D eigenvalue weighted by Crippen LogP contribution is 2.43. The van der Waals surface area contributed by atoms with Crippen molar-refractivity contribution in [2.45, 2.75) is 187 Å². The van der Waals surface area contributed by atoms with Gasteiger partial charge in [-0.2, -0.15) is 0 Å². The van der Waals surface area contributed by atoms with Crippen LogP contribution < -0.4 is 0 Å². The molecule has 2 atom stereocenters. The molecule has 0 radical (unpaired) electrons. The molecule has 0 aliphatic heterocycles. The third kappa shape index (κ3) is 46.7. The lowest BCUT2D eigenvalue weighted by Gasteiger charge is -2.24. The van der Waals surface area contributed by atoms with Gasteiger partial charge in [-0.15, -0.1) is 0 Å². The number of allylic oxidation sites excluding steroid dienone is 14. The summed E-state index contributed by atoms with van der Waals surface area (Å²) in [5.41, 5.74) is 0. The molecule has 0 rings (SSSR count). The fraction of sp³-hybridized carbons (Fsp3) is 0.692. The summed E-state index contributed by atoms with van der Waals surface area (Å²) in [5, 5.41) is 0. The Morgan fingerprint density at radius 2 is 0.871 bits per heavy atom. The number of phosphoric ester groups is 1. The number of hydrogen-bond acceptors (Lipinski definition) is 7. The van der Waals surface area contributed by atoms with E-state index in [1.807, 2.05) is 27.2 Å². The van der Waals surface area contributed by atoms with Gasteiger partial charge in [-0.05, 0) is 83.5 Å². The van der Waals surface area contributed by atoms with E-state index in [9.17, 15) is 19.0 Å². The third-order valence-corrected chi connectivity index (χ3v) is 10.9. The molecule has 0 aromatic rings. The van der Waals surface area contributed by atoms with Crippen LogP contribution in [-0.4, -0.2) is 74.9 Å². The Hall–Kier alpha value is -2.81. The second kappa shape index (κ2) is 43.4. The predicted octanol–water partition coefficient (Wildman–Crippen LogP) is 14.4. The van der Waals surface area contributed by atoms with E-state index in [-0.39, 0.29) is 26.1 Å². The average Bonchev–Trinajstić information content (AvgIpc) is 3.23. The van der Waals surface area contributed by atoms with Gasteiger partial charge in [0.2, 0.25) is 0 Å². The van der Waals surface area contributed by atoms with Crippen LogP contribution in [0.4, 0.5) is 0 Å². The number of unbranched alkanes of at least 4 members (excludes halogenated alkanes) is 15. The molecule has 1 N–H and O–H groups in total. The first kappa shape index (κ1) is 59.2. The highest BCUT2D eigenvalue weighted by molar-refractivity contribution is 7.47. The fourth-order valence-corrected chi connectivity index (χ4v) is 6.82. The van der Waals surface area contributed by atoms with E-state index in [2.05, 4.69) is 92.8 Å². The van der Waals surface area contributed by atoms with Gasteiger partial charge >= 0.3 is 19.8 Å². The van der Waals surface area contributed by atoms with E-state index in [4.69, 9.17) is 18.5 Å². The Labute approximate surface area is 380 Å². The zero-order valence-electron chi connectivity index (χ0n) is 40.1. The first-order valence-corrected chi connectivity index (χ1v) is 25.8. The summed E-state index contributed by atoms with van der Waals surface area (Å²) in [6, 6.07) is 0. The van der Waals surface area contributed by atoms with Crippen LogP contribution in [-0.2, 0) is 32.7 Å². The molecular formula is C52H91NO8P+. The quantitative estimate of drug-likeness (QED) is 0.0212. The number of quaternary nitrogens is 1. The van der Waals surface area contributed by atoms with Crippen molar-refractivity contribution in [1.82, 2.24) is 0 Å². The molecule has 0 heterocycles. The van der Waals surface area contributed by atoms with E-state index < -0.39 is 32.5 Å². The molecule has 0 spiro atoms. The van der Waals surface area contributed by atoms with Crippen molar-refractivity contribution in [3.8, 4) is 0 Å². The number of likely N-dealkylation sites (N-methyl/N-ethyl adjacent to an activating group) is 1. The minimum Gasteiger partial charge on any atom is -0.462 e. The third-order valence-electron chi connectivity index (χ3n) is 9.90. The summed E-state index contributed by atoms with van der Waals surface area (Å²) in [6.07, 6.45) is 56.6. The van der Waals surface area contributed by atoms with Gasteiger partial charge in [0.15, 0.2) is 6.10 Å². The number of carbonyl (C=O) groups is 2. The summed E-state index contributed by atoms with van der Waals surface area (Å²) in [6.45, 7) is 4.28. The van der Waals surface area contributed by atoms with Crippen LogP contribution >= 0.6 is 7.82 Å². The Balaban J connectivity index is 4.49. The van der Waals surface area contributed by atoms with Gasteiger partial charge in [-0.3, -0.25) is 18.6 Å². The number of hydrogen-bond donors (Lipinski definition) is 1. The molecule has 0 aromatic heterocycles. The van der Waals surface area contributed by atoms with Crippen molar-refractivity contribution in [3.05, 3.63) is 85.1 Å². The normalized spacial score (nSPS) is 14.2. The Kier molecular flexibility index (Phi) is 41.5. The van der Waals surface area contributed by atoms with Crippen molar-refractivity contribution in [1.29, 1.82) is 0 Å². The van der Waals surface area contributed by atoms with E-state index >= 15 is 0 Å². The van der Waals surface area contributed by atoms with Gasteiger partial charge in [0.25, 0.3) is 0 Å². The van der Waals surface area contributed by atoms with Crippen LogP contribution in [0.15, 0.2) is 85.1 Å². The summed E-state index contributed by atoms with van der Waals surface area (Å²) in [7, 11) is 1.40. The molecule has 0 saturated heterocycles. The Morgan fingerprint density at radius 1 is 0.500 bits per heavy atom. The van der Waals surface area contributed by atoms with Crippen LogP contribution in [0, 0.1) is 0 Å². The van der Waals surface area contributed by atoms with Crippen molar-refractivity contribution in [3.63, 3.8) is 0 Å². The molecular weight excluding hydrogens is 798 g/mol. The second-order valence-electron chi connectivity index (χ2n) is 17.1. The Bertz CT molecular complexity index is 1330. The summed E-state index contributed by atoms with van der Waals surface area (Å²) < 4.78 is 34.2. The molecule has 0 saturated carbocycles. The minimum absolute atomic E-state index is 0.00972. The zero-order chi connectivity index (χ0) is 45.7.